The van der Waals surface area contributed by atoms with E-state index in [-0.39, 0.29) is 35.5 Å². The van der Waals surface area contributed by atoms with Gasteiger partial charge < -0.3 is 10.6 Å². The third-order valence-corrected chi connectivity index (χ3v) is 9.69. The van der Waals surface area contributed by atoms with Crippen molar-refractivity contribution < 1.29 is 9.59 Å². The molecule has 2 fully saturated rings. The molecule has 40 heavy (non-hydrogen) atoms. The lowest BCUT2D eigenvalue weighted by Crippen LogP contribution is -2.38. The molecule has 0 aromatic heterocycles. The van der Waals surface area contributed by atoms with Crippen LogP contribution in [-0.2, 0) is 4.79 Å². The second-order valence-corrected chi connectivity index (χ2v) is 12.1. The Balaban J connectivity index is 1.12. The number of allylic oxidation sites excluding steroid dienone is 7. The number of hydrogen-bond donors (Lipinski definition) is 2. The van der Waals surface area contributed by atoms with E-state index in [0.717, 1.165) is 73.6 Å². The number of carbonyl (C=O) groups excluding carboxylic acids is 2. The number of amides is 2. The van der Waals surface area contributed by atoms with Crippen molar-refractivity contribution in [2.75, 3.05) is 13.1 Å². The molecule has 2 amide bonds. The van der Waals surface area contributed by atoms with Crippen LogP contribution in [0.15, 0.2) is 54.2 Å². The van der Waals surface area contributed by atoms with E-state index < -0.39 is 0 Å². The molecule has 204 valence electrons. The largest absolute Gasteiger partial charge is 0.355 e. The SMILES string of the molecule is N#CC1CCC(CNC(=O)c2ccc3c(c2)C2=C4C3=CC=CC4C(C(=O)NCC3CCC(C#N)CC3)C=C2)CC1. The highest BCUT2D eigenvalue weighted by molar-refractivity contribution is 6.08. The van der Waals surface area contributed by atoms with Crippen LogP contribution in [0, 0.1) is 58.2 Å². The first-order valence-corrected chi connectivity index (χ1v) is 14.9. The summed E-state index contributed by atoms with van der Waals surface area (Å²) in [4.78, 5) is 26.4. The quantitative estimate of drug-likeness (QED) is 0.489. The van der Waals surface area contributed by atoms with Gasteiger partial charge in [-0.25, -0.2) is 0 Å². The van der Waals surface area contributed by atoms with Gasteiger partial charge in [-0.15, -0.1) is 0 Å². The summed E-state index contributed by atoms with van der Waals surface area (Å²) in [5, 5.41) is 24.6. The molecule has 6 rings (SSSR count). The van der Waals surface area contributed by atoms with Crippen LogP contribution in [0.3, 0.4) is 0 Å². The van der Waals surface area contributed by atoms with Gasteiger partial charge in [-0.1, -0.05) is 36.4 Å². The maximum atomic E-state index is 13.3. The summed E-state index contributed by atoms with van der Waals surface area (Å²) in [6.45, 7) is 1.32. The molecule has 0 radical (unpaired) electrons. The molecule has 1 aromatic carbocycles. The minimum absolute atomic E-state index is 0.0254. The van der Waals surface area contributed by atoms with Gasteiger partial charge in [0.1, 0.15) is 0 Å². The summed E-state index contributed by atoms with van der Waals surface area (Å²) in [6, 6.07) is 10.7. The van der Waals surface area contributed by atoms with Gasteiger partial charge in [0.05, 0.1) is 18.1 Å². The lowest BCUT2D eigenvalue weighted by molar-refractivity contribution is -0.124. The van der Waals surface area contributed by atoms with Crippen LogP contribution >= 0.6 is 0 Å². The Morgan fingerprint density at radius 1 is 0.825 bits per heavy atom. The normalized spacial score (nSPS) is 29.9. The van der Waals surface area contributed by atoms with Gasteiger partial charge in [0.2, 0.25) is 5.91 Å². The van der Waals surface area contributed by atoms with Crippen molar-refractivity contribution in [1.82, 2.24) is 10.6 Å². The van der Waals surface area contributed by atoms with Crippen LogP contribution in [0.5, 0.6) is 0 Å². The minimum atomic E-state index is -0.262. The van der Waals surface area contributed by atoms with E-state index in [4.69, 9.17) is 10.5 Å². The molecule has 6 nitrogen and oxygen atoms in total. The summed E-state index contributed by atoms with van der Waals surface area (Å²) in [7, 11) is 0. The Hall–Kier alpha value is -3.90. The highest BCUT2D eigenvalue weighted by Gasteiger charge is 2.39. The van der Waals surface area contributed by atoms with Crippen LogP contribution in [-0.4, -0.2) is 24.9 Å². The van der Waals surface area contributed by atoms with Gasteiger partial charge in [0.25, 0.3) is 5.91 Å². The standard InChI is InChI=1S/C34H36N4O2/c35-17-21-4-8-23(9-5-21)19-37-33(39)25-12-13-26-27-2-1-3-28-30(15-14-29(32(27)28)31(26)16-25)34(40)38-20-24-10-6-22(18-36)7-11-24/h1-3,12-16,21-24,28,30H,4-11,19-20H2,(H,37,39)(H,38,40). The lowest BCUT2D eigenvalue weighted by atomic mass is 9.75. The summed E-state index contributed by atoms with van der Waals surface area (Å²) in [6.07, 6.45) is 18.1. The fraction of sp³-hybridized carbons (Fsp3) is 0.471. The number of nitrogens with zero attached hydrogens (tertiary/aromatic N) is 2. The van der Waals surface area contributed by atoms with E-state index in [1.54, 1.807) is 0 Å². The molecule has 0 bridgehead atoms. The molecule has 0 heterocycles. The zero-order valence-electron chi connectivity index (χ0n) is 22.9. The van der Waals surface area contributed by atoms with Crippen LogP contribution in [0.25, 0.3) is 11.1 Å². The van der Waals surface area contributed by atoms with Gasteiger partial charge in [-0.3, -0.25) is 9.59 Å². The monoisotopic (exact) mass is 532 g/mol. The van der Waals surface area contributed by atoms with Gasteiger partial charge in [-0.05, 0) is 103 Å². The fourth-order valence-electron chi connectivity index (χ4n) is 7.23. The molecule has 2 N–H and O–H groups in total. The number of fused-ring (bicyclic) bond motifs is 3. The number of rotatable bonds is 6. The average molecular weight is 533 g/mol. The molecule has 2 saturated carbocycles. The van der Waals surface area contributed by atoms with Crippen LogP contribution in [0.4, 0.5) is 0 Å². The summed E-state index contributed by atoms with van der Waals surface area (Å²) < 4.78 is 0. The number of benzene rings is 1. The second kappa shape index (κ2) is 11.3. The van der Waals surface area contributed by atoms with E-state index in [2.05, 4.69) is 47.1 Å². The predicted octanol–water partition coefficient (Wildman–Crippen LogP) is 5.72. The Morgan fingerprint density at radius 3 is 2.12 bits per heavy atom. The average Bonchev–Trinajstić information content (AvgIpc) is 3.33. The molecule has 2 unspecified atom stereocenters. The van der Waals surface area contributed by atoms with Crippen molar-refractivity contribution in [3.63, 3.8) is 0 Å². The second-order valence-electron chi connectivity index (χ2n) is 12.1. The number of carbonyl (C=O) groups is 2. The third-order valence-electron chi connectivity index (χ3n) is 9.69. The smallest absolute Gasteiger partial charge is 0.251 e. The predicted molar refractivity (Wildman–Crippen MR) is 154 cm³/mol. The van der Waals surface area contributed by atoms with Gasteiger partial charge in [-0.2, -0.15) is 10.5 Å². The zero-order chi connectivity index (χ0) is 27.6. The number of nitrogens with one attached hydrogen (secondary N) is 2. The number of hydrogen-bond acceptors (Lipinski definition) is 4. The summed E-state index contributed by atoms with van der Waals surface area (Å²) >= 11 is 0. The number of nitriles is 2. The van der Waals surface area contributed by atoms with Gasteiger partial charge in [0, 0.05) is 36.4 Å². The highest BCUT2D eigenvalue weighted by Crippen LogP contribution is 2.51. The van der Waals surface area contributed by atoms with Crippen LogP contribution in [0.2, 0.25) is 0 Å². The highest BCUT2D eigenvalue weighted by atomic mass is 16.2. The van der Waals surface area contributed by atoms with E-state index in [1.165, 1.54) is 5.57 Å². The molecule has 0 spiro atoms. The summed E-state index contributed by atoms with van der Waals surface area (Å²) in [5.41, 5.74) is 6.27. The molecule has 2 atom stereocenters. The van der Waals surface area contributed by atoms with E-state index in [9.17, 15) is 9.59 Å². The first-order chi connectivity index (χ1) is 19.6. The Morgan fingerprint density at radius 2 is 1.48 bits per heavy atom. The topological polar surface area (TPSA) is 106 Å². The van der Waals surface area contributed by atoms with E-state index >= 15 is 0 Å². The van der Waals surface area contributed by atoms with Gasteiger partial charge in [0.15, 0.2) is 0 Å². The molecule has 0 aliphatic heterocycles. The maximum Gasteiger partial charge on any atom is 0.251 e. The van der Waals surface area contributed by atoms with Gasteiger partial charge >= 0.3 is 0 Å². The first kappa shape index (κ1) is 26.3. The van der Waals surface area contributed by atoms with Crippen LogP contribution < -0.4 is 10.6 Å². The van der Waals surface area contributed by atoms with Crippen molar-refractivity contribution in [1.29, 1.82) is 10.5 Å². The molecular weight excluding hydrogens is 496 g/mol. The maximum absolute atomic E-state index is 13.3. The van der Waals surface area contributed by atoms with Crippen molar-refractivity contribution >= 4 is 23.0 Å². The van der Waals surface area contributed by atoms with E-state index in [0.29, 0.717) is 30.5 Å². The first-order valence-electron chi connectivity index (χ1n) is 14.9. The molecular formula is C34H36N4O2. The van der Waals surface area contributed by atoms with Crippen LogP contribution in [0.1, 0.15) is 72.9 Å². The van der Waals surface area contributed by atoms with Crippen molar-refractivity contribution in [3.8, 4) is 12.1 Å². The Labute approximate surface area is 236 Å². The fourth-order valence-corrected chi connectivity index (χ4v) is 7.23. The Kier molecular flexibility index (Phi) is 7.44. The lowest BCUT2D eigenvalue weighted by Gasteiger charge is -2.30. The van der Waals surface area contributed by atoms with Crippen molar-refractivity contribution in [3.05, 3.63) is 70.8 Å². The third kappa shape index (κ3) is 5.04. The molecule has 5 aliphatic rings. The molecule has 1 aromatic rings. The van der Waals surface area contributed by atoms with E-state index in [1.807, 2.05) is 24.3 Å². The van der Waals surface area contributed by atoms with Crippen molar-refractivity contribution in [2.45, 2.75) is 51.4 Å². The molecule has 0 saturated heterocycles. The summed E-state index contributed by atoms with van der Waals surface area (Å²) in [5.74, 6) is 0.924. The van der Waals surface area contributed by atoms with Crippen molar-refractivity contribution in [2.24, 2.45) is 35.5 Å². The minimum Gasteiger partial charge on any atom is -0.355 e. The zero-order valence-corrected chi connectivity index (χ0v) is 22.9. The molecule has 5 aliphatic carbocycles. The Bertz CT molecular complexity index is 1400. The molecule has 6 heteroatoms.